The zero-order valence-corrected chi connectivity index (χ0v) is 14.1. The van der Waals surface area contributed by atoms with Gasteiger partial charge in [-0.2, -0.15) is 0 Å². The molecule has 1 heterocycles. The Morgan fingerprint density at radius 3 is 2.55 bits per heavy atom. The SMILES string of the molecule is CCNC(Cc1cncs1)C1(OC)CCC(C)(C)CC1. The highest BCUT2D eigenvalue weighted by Gasteiger charge is 2.44. The lowest BCUT2D eigenvalue weighted by Gasteiger charge is -2.47. The van der Waals surface area contributed by atoms with Crippen LogP contribution in [0.2, 0.25) is 0 Å². The third-order valence-corrected chi connectivity index (χ3v) is 5.63. The van der Waals surface area contributed by atoms with E-state index in [9.17, 15) is 0 Å². The van der Waals surface area contributed by atoms with Crippen LogP contribution in [-0.4, -0.2) is 30.3 Å². The molecule has 1 aliphatic carbocycles. The summed E-state index contributed by atoms with van der Waals surface area (Å²) in [4.78, 5) is 5.55. The van der Waals surface area contributed by atoms with Crippen LogP contribution in [0.4, 0.5) is 0 Å². The summed E-state index contributed by atoms with van der Waals surface area (Å²) in [5, 5.41) is 3.66. The number of rotatable bonds is 6. The maximum atomic E-state index is 6.06. The Morgan fingerprint density at radius 1 is 1.35 bits per heavy atom. The summed E-state index contributed by atoms with van der Waals surface area (Å²) < 4.78 is 6.06. The average Bonchev–Trinajstić information content (AvgIpc) is 2.92. The number of hydrogen-bond acceptors (Lipinski definition) is 4. The number of methoxy groups -OCH3 is 1. The molecule has 0 spiro atoms. The molecule has 20 heavy (non-hydrogen) atoms. The first-order valence-electron chi connectivity index (χ1n) is 7.67. The molecule has 1 aromatic heterocycles. The molecule has 0 saturated heterocycles. The normalized spacial score (nSPS) is 22.6. The Labute approximate surface area is 127 Å². The van der Waals surface area contributed by atoms with Gasteiger partial charge in [0.05, 0.1) is 11.1 Å². The number of hydrogen-bond donors (Lipinski definition) is 1. The summed E-state index contributed by atoms with van der Waals surface area (Å²) in [5.74, 6) is 0. The van der Waals surface area contributed by atoms with Gasteiger partial charge in [-0.05, 0) is 37.6 Å². The number of nitrogens with one attached hydrogen (secondary N) is 1. The van der Waals surface area contributed by atoms with E-state index in [2.05, 4.69) is 31.1 Å². The van der Waals surface area contributed by atoms with E-state index in [4.69, 9.17) is 4.74 Å². The van der Waals surface area contributed by atoms with Gasteiger partial charge in [0.2, 0.25) is 0 Å². The number of thiazole rings is 1. The van der Waals surface area contributed by atoms with Gasteiger partial charge in [-0.1, -0.05) is 20.8 Å². The minimum atomic E-state index is -0.0183. The van der Waals surface area contributed by atoms with Crippen LogP contribution < -0.4 is 5.32 Å². The highest BCUT2D eigenvalue weighted by molar-refractivity contribution is 7.09. The molecule has 1 fully saturated rings. The minimum Gasteiger partial charge on any atom is -0.377 e. The van der Waals surface area contributed by atoms with Crippen LogP contribution in [0.1, 0.15) is 51.3 Å². The van der Waals surface area contributed by atoms with Gasteiger partial charge in [-0.3, -0.25) is 4.98 Å². The van der Waals surface area contributed by atoms with E-state index < -0.39 is 0 Å². The van der Waals surface area contributed by atoms with Crippen LogP contribution in [-0.2, 0) is 11.2 Å². The molecule has 1 unspecified atom stereocenters. The molecule has 1 N–H and O–H groups in total. The van der Waals surface area contributed by atoms with E-state index in [0.717, 1.165) is 25.8 Å². The number of ether oxygens (including phenoxy) is 1. The van der Waals surface area contributed by atoms with E-state index >= 15 is 0 Å². The van der Waals surface area contributed by atoms with Crippen molar-refractivity contribution in [1.82, 2.24) is 10.3 Å². The van der Waals surface area contributed by atoms with Crippen LogP contribution in [0.5, 0.6) is 0 Å². The molecular weight excluding hydrogens is 268 g/mol. The first-order valence-corrected chi connectivity index (χ1v) is 8.55. The number of likely N-dealkylation sites (N-methyl/N-ethyl adjacent to an activating group) is 1. The second-order valence-corrected chi connectivity index (χ2v) is 7.69. The molecular formula is C16H28N2OS. The Balaban J connectivity index is 2.12. The van der Waals surface area contributed by atoms with Crippen molar-refractivity contribution in [3.63, 3.8) is 0 Å². The fourth-order valence-corrected chi connectivity index (χ4v) is 3.92. The van der Waals surface area contributed by atoms with Crippen molar-refractivity contribution >= 4 is 11.3 Å². The molecule has 1 saturated carbocycles. The Morgan fingerprint density at radius 2 is 2.05 bits per heavy atom. The van der Waals surface area contributed by atoms with Crippen molar-refractivity contribution in [2.45, 2.75) is 64.5 Å². The standard InChI is InChI=1S/C16H28N2OS/c1-5-18-14(10-13-11-17-12-20-13)16(19-4)8-6-15(2,3)7-9-16/h11-12,14,18H,5-10H2,1-4H3. The van der Waals surface area contributed by atoms with Crippen molar-refractivity contribution < 1.29 is 4.74 Å². The minimum absolute atomic E-state index is 0.0183. The molecule has 0 amide bonds. The maximum absolute atomic E-state index is 6.06. The molecule has 0 bridgehead atoms. The van der Waals surface area contributed by atoms with Gasteiger partial charge in [0.25, 0.3) is 0 Å². The average molecular weight is 296 g/mol. The zero-order chi connectivity index (χ0) is 14.6. The maximum Gasteiger partial charge on any atom is 0.0834 e. The van der Waals surface area contributed by atoms with Crippen molar-refractivity contribution in [3.05, 3.63) is 16.6 Å². The summed E-state index contributed by atoms with van der Waals surface area (Å²) in [6, 6.07) is 0.383. The third kappa shape index (κ3) is 3.60. The summed E-state index contributed by atoms with van der Waals surface area (Å²) in [6.07, 6.45) is 7.79. The third-order valence-electron chi connectivity index (χ3n) is 4.83. The molecule has 1 aliphatic rings. The predicted molar refractivity (Wildman–Crippen MR) is 85.3 cm³/mol. The lowest BCUT2D eigenvalue weighted by Crippen LogP contribution is -2.55. The zero-order valence-electron chi connectivity index (χ0n) is 13.2. The Bertz CT molecular complexity index is 393. The van der Waals surface area contributed by atoms with Gasteiger partial charge in [0, 0.05) is 30.6 Å². The van der Waals surface area contributed by atoms with Gasteiger partial charge in [-0.15, -0.1) is 11.3 Å². The molecule has 2 rings (SSSR count). The molecule has 3 nitrogen and oxygen atoms in total. The molecule has 1 aromatic rings. The highest BCUT2D eigenvalue weighted by Crippen LogP contribution is 2.44. The number of nitrogens with zero attached hydrogens (tertiary/aromatic N) is 1. The molecule has 4 heteroatoms. The lowest BCUT2D eigenvalue weighted by molar-refractivity contribution is -0.0857. The van der Waals surface area contributed by atoms with E-state index in [1.807, 2.05) is 18.8 Å². The second kappa shape index (κ2) is 6.54. The Kier molecular flexibility index (Phi) is 5.21. The van der Waals surface area contributed by atoms with Gasteiger partial charge in [0.15, 0.2) is 0 Å². The van der Waals surface area contributed by atoms with Gasteiger partial charge in [-0.25, -0.2) is 0 Å². The monoisotopic (exact) mass is 296 g/mol. The van der Waals surface area contributed by atoms with Crippen LogP contribution in [0.15, 0.2) is 11.7 Å². The molecule has 1 atom stereocenters. The van der Waals surface area contributed by atoms with Crippen LogP contribution in [0, 0.1) is 5.41 Å². The quantitative estimate of drug-likeness (QED) is 0.870. The summed E-state index contributed by atoms with van der Waals surface area (Å²) in [7, 11) is 1.88. The highest BCUT2D eigenvalue weighted by atomic mass is 32.1. The summed E-state index contributed by atoms with van der Waals surface area (Å²) in [5.41, 5.74) is 2.36. The van der Waals surface area contributed by atoms with Gasteiger partial charge in [0.1, 0.15) is 0 Å². The smallest absolute Gasteiger partial charge is 0.0834 e. The first kappa shape index (κ1) is 15.9. The van der Waals surface area contributed by atoms with Crippen LogP contribution in [0.25, 0.3) is 0 Å². The van der Waals surface area contributed by atoms with E-state index in [1.54, 1.807) is 11.3 Å². The van der Waals surface area contributed by atoms with Crippen molar-refractivity contribution in [3.8, 4) is 0 Å². The van der Waals surface area contributed by atoms with E-state index in [1.165, 1.54) is 17.7 Å². The second-order valence-electron chi connectivity index (χ2n) is 6.72. The van der Waals surface area contributed by atoms with Gasteiger partial charge < -0.3 is 10.1 Å². The van der Waals surface area contributed by atoms with Crippen molar-refractivity contribution in [1.29, 1.82) is 0 Å². The van der Waals surface area contributed by atoms with Gasteiger partial charge >= 0.3 is 0 Å². The Hall–Kier alpha value is -0.450. The summed E-state index contributed by atoms with van der Waals surface area (Å²) >= 11 is 1.74. The van der Waals surface area contributed by atoms with Crippen LogP contribution in [0.3, 0.4) is 0 Å². The fourth-order valence-electron chi connectivity index (χ4n) is 3.28. The molecule has 0 radical (unpaired) electrons. The lowest BCUT2D eigenvalue weighted by atomic mass is 9.68. The summed E-state index contributed by atoms with van der Waals surface area (Å²) in [6.45, 7) is 7.91. The molecule has 0 aliphatic heterocycles. The van der Waals surface area contributed by atoms with E-state index in [0.29, 0.717) is 11.5 Å². The largest absolute Gasteiger partial charge is 0.377 e. The molecule has 0 aromatic carbocycles. The van der Waals surface area contributed by atoms with Crippen molar-refractivity contribution in [2.75, 3.05) is 13.7 Å². The first-order chi connectivity index (χ1) is 9.51. The predicted octanol–water partition coefficient (Wildman–Crippen LogP) is 3.65. The van der Waals surface area contributed by atoms with E-state index in [-0.39, 0.29) is 5.60 Å². The van der Waals surface area contributed by atoms with Crippen LogP contribution >= 0.6 is 11.3 Å². The van der Waals surface area contributed by atoms with Crippen molar-refractivity contribution in [2.24, 2.45) is 5.41 Å². The fraction of sp³-hybridized carbons (Fsp3) is 0.812. The topological polar surface area (TPSA) is 34.2 Å². The number of aromatic nitrogens is 1. The molecule has 114 valence electrons.